The Morgan fingerprint density at radius 2 is 1.77 bits per heavy atom. The van der Waals surface area contributed by atoms with Crippen LogP contribution in [0.4, 0.5) is 0 Å². The van der Waals surface area contributed by atoms with Gasteiger partial charge in [-0.3, -0.25) is 9.80 Å². The highest BCUT2D eigenvalue weighted by Gasteiger charge is 2.30. The number of nitrogens with zero attached hydrogens (tertiary/aromatic N) is 2. The van der Waals surface area contributed by atoms with Crippen molar-refractivity contribution in [2.75, 3.05) is 46.4 Å². The molecule has 1 saturated heterocycles. The molecule has 3 nitrogen and oxygen atoms in total. The SMILES string of the molecule is COCCN(C/C=C/c1ccccc1)C[C@@H]1CCCN(C2Cc3ccccc3C2)C1. The van der Waals surface area contributed by atoms with Crippen LogP contribution in [-0.2, 0) is 17.6 Å². The van der Waals surface area contributed by atoms with E-state index in [-0.39, 0.29) is 0 Å². The topological polar surface area (TPSA) is 15.7 Å². The summed E-state index contributed by atoms with van der Waals surface area (Å²) in [5, 5.41) is 0. The van der Waals surface area contributed by atoms with Crippen LogP contribution >= 0.6 is 0 Å². The summed E-state index contributed by atoms with van der Waals surface area (Å²) >= 11 is 0. The molecule has 1 aliphatic carbocycles. The van der Waals surface area contributed by atoms with Gasteiger partial charge in [0.2, 0.25) is 0 Å². The first-order valence-corrected chi connectivity index (χ1v) is 11.6. The van der Waals surface area contributed by atoms with Crippen LogP contribution in [0, 0.1) is 5.92 Å². The average Bonchev–Trinajstić information content (AvgIpc) is 3.23. The van der Waals surface area contributed by atoms with Gasteiger partial charge in [-0.15, -0.1) is 0 Å². The Bertz CT molecular complexity index is 779. The van der Waals surface area contributed by atoms with Gasteiger partial charge in [0.15, 0.2) is 0 Å². The van der Waals surface area contributed by atoms with Gasteiger partial charge in [-0.25, -0.2) is 0 Å². The number of benzene rings is 2. The molecule has 1 atom stereocenters. The maximum atomic E-state index is 5.39. The van der Waals surface area contributed by atoms with Gasteiger partial charge in [-0.1, -0.05) is 66.7 Å². The zero-order chi connectivity index (χ0) is 20.6. The van der Waals surface area contributed by atoms with Crippen molar-refractivity contribution in [3.8, 4) is 0 Å². The number of methoxy groups -OCH3 is 1. The van der Waals surface area contributed by atoms with Crippen LogP contribution in [0.3, 0.4) is 0 Å². The molecular weight excluding hydrogens is 368 g/mol. The van der Waals surface area contributed by atoms with Crippen molar-refractivity contribution in [2.24, 2.45) is 5.92 Å². The molecule has 30 heavy (non-hydrogen) atoms. The molecule has 1 fully saturated rings. The second-order valence-electron chi connectivity index (χ2n) is 8.90. The molecule has 160 valence electrons. The molecule has 0 N–H and O–H groups in total. The lowest BCUT2D eigenvalue weighted by molar-refractivity contribution is 0.0916. The van der Waals surface area contributed by atoms with Gasteiger partial charge in [0, 0.05) is 39.3 Å². The van der Waals surface area contributed by atoms with Crippen molar-refractivity contribution >= 4 is 6.08 Å². The van der Waals surface area contributed by atoms with Gasteiger partial charge in [-0.2, -0.15) is 0 Å². The maximum absolute atomic E-state index is 5.39. The number of ether oxygens (including phenoxy) is 1. The number of piperidine rings is 1. The highest BCUT2D eigenvalue weighted by molar-refractivity contribution is 5.48. The van der Waals surface area contributed by atoms with E-state index in [1.807, 2.05) is 0 Å². The molecule has 0 spiro atoms. The standard InChI is InChI=1S/C27H36N2O/c1-30-18-17-28(15-7-11-23-9-3-2-4-10-23)21-24-12-8-16-29(22-24)27-19-25-13-5-6-14-26(25)20-27/h2-7,9-11,13-14,24,27H,8,12,15-22H2,1H3/b11-7+/t24-/m0/s1. The fourth-order valence-electron chi connectivity index (χ4n) is 5.12. The third kappa shape index (κ3) is 5.81. The molecule has 4 rings (SSSR count). The van der Waals surface area contributed by atoms with Crippen LogP contribution in [0.1, 0.15) is 29.5 Å². The summed E-state index contributed by atoms with van der Waals surface area (Å²) in [6, 6.07) is 20.3. The molecule has 1 heterocycles. The van der Waals surface area contributed by atoms with Gasteiger partial charge in [0.25, 0.3) is 0 Å². The molecular formula is C27H36N2O. The molecule has 0 saturated carbocycles. The van der Waals surface area contributed by atoms with Crippen molar-refractivity contribution in [3.05, 3.63) is 77.4 Å². The quantitative estimate of drug-likeness (QED) is 0.611. The Morgan fingerprint density at radius 3 is 2.50 bits per heavy atom. The summed E-state index contributed by atoms with van der Waals surface area (Å²) in [4.78, 5) is 5.35. The lowest BCUT2D eigenvalue weighted by Gasteiger charge is -2.38. The van der Waals surface area contributed by atoms with Crippen LogP contribution in [0.25, 0.3) is 6.08 Å². The first kappa shape index (κ1) is 21.3. The summed E-state index contributed by atoms with van der Waals surface area (Å²) in [5.74, 6) is 0.754. The van der Waals surface area contributed by atoms with E-state index in [0.717, 1.165) is 25.6 Å². The second kappa shape index (κ2) is 10.9. The number of hydrogen-bond donors (Lipinski definition) is 0. The van der Waals surface area contributed by atoms with E-state index in [9.17, 15) is 0 Å². The molecule has 2 aromatic carbocycles. The van der Waals surface area contributed by atoms with Crippen LogP contribution in [0.5, 0.6) is 0 Å². The van der Waals surface area contributed by atoms with Gasteiger partial charge >= 0.3 is 0 Å². The van der Waals surface area contributed by atoms with E-state index >= 15 is 0 Å². The highest BCUT2D eigenvalue weighted by atomic mass is 16.5. The zero-order valence-corrected chi connectivity index (χ0v) is 18.4. The molecule has 2 aliphatic rings. The predicted octanol–water partition coefficient (Wildman–Crippen LogP) is 4.53. The normalized spacial score (nSPS) is 20.3. The third-order valence-corrected chi connectivity index (χ3v) is 6.70. The second-order valence-corrected chi connectivity index (χ2v) is 8.90. The van der Waals surface area contributed by atoms with Gasteiger partial charge in [0.1, 0.15) is 0 Å². The van der Waals surface area contributed by atoms with E-state index in [1.54, 1.807) is 18.2 Å². The molecule has 0 amide bonds. The molecule has 3 heteroatoms. The summed E-state index contributed by atoms with van der Waals surface area (Å²) in [7, 11) is 1.80. The molecule has 2 aromatic rings. The van der Waals surface area contributed by atoms with Gasteiger partial charge < -0.3 is 4.74 Å². The predicted molar refractivity (Wildman–Crippen MR) is 126 cm³/mol. The summed E-state index contributed by atoms with van der Waals surface area (Å²) in [6.45, 7) is 6.46. The first-order chi connectivity index (χ1) is 14.8. The summed E-state index contributed by atoms with van der Waals surface area (Å²) in [6.07, 6.45) is 9.69. The van der Waals surface area contributed by atoms with E-state index in [0.29, 0.717) is 6.04 Å². The number of hydrogen-bond acceptors (Lipinski definition) is 3. The van der Waals surface area contributed by atoms with E-state index in [1.165, 1.54) is 50.9 Å². The van der Waals surface area contributed by atoms with Crippen molar-refractivity contribution in [1.29, 1.82) is 0 Å². The van der Waals surface area contributed by atoms with Crippen molar-refractivity contribution < 1.29 is 4.74 Å². The van der Waals surface area contributed by atoms with Crippen LogP contribution in [-0.4, -0.2) is 62.3 Å². The van der Waals surface area contributed by atoms with Crippen LogP contribution < -0.4 is 0 Å². The molecule has 0 unspecified atom stereocenters. The van der Waals surface area contributed by atoms with E-state index in [2.05, 4.69) is 76.5 Å². The fraction of sp³-hybridized carbons (Fsp3) is 0.481. The van der Waals surface area contributed by atoms with Crippen molar-refractivity contribution in [3.63, 3.8) is 0 Å². The smallest absolute Gasteiger partial charge is 0.0589 e. The fourth-order valence-corrected chi connectivity index (χ4v) is 5.12. The molecule has 1 aliphatic heterocycles. The molecule has 0 aromatic heterocycles. The van der Waals surface area contributed by atoms with Gasteiger partial charge in [-0.05, 0) is 54.8 Å². The Morgan fingerprint density at radius 1 is 1.03 bits per heavy atom. The average molecular weight is 405 g/mol. The molecule has 0 bridgehead atoms. The number of rotatable bonds is 9. The summed E-state index contributed by atoms with van der Waals surface area (Å²) < 4.78 is 5.39. The Labute approximate surface area is 182 Å². The number of fused-ring (bicyclic) bond motifs is 1. The highest BCUT2D eigenvalue weighted by Crippen LogP contribution is 2.29. The van der Waals surface area contributed by atoms with Crippen molar-refractivity contribution in [2.45, 2.75) is 31.7 Å². The Balaban J connectivity index is 1.31. The number of likely N-dealkylation sites (tertiary alicyclic amines) is 1. The minimum absolute atomic E-state index is 0.704. The lowest BCUT2D eigenvalue weighted by Crippen LogP contribution is -2.46. The van der Waals surface area contributed by atoms with Crippen LogP contribution in [0.15, 0.2) is 60.7 Å². The zero-order valence-electron chi connectivity index (χ0n) is 18.4. The largest absolute Gasteiger partial charge is 0.383 e. The lowest BCUT2D eigenvalue weighted by atomic mass is 9.95. The van der Waals surface area contributed by atoms with Crippen LogP contribution in [0.2, 0.25) is 0 Å². The monoisotopic (exact) mass is 404 g/mol. The summed E-state index contributed by atoms with van der Waals surface area (Å²) in [5.41, 5.74) is 4.41. The maximum Gasteiger partial charge on any atom is 0.0589 e. The minimum atomic E-state index is 0.704. The van der Waals surface area contributed by atoms with E-state index < -0.39 is 0 Å². The minimum Gasteiger partial charge on any atom is -0.383 e. The van der Waals surface area contributed by atoms with E-state index in [4.69, 9.17) is 4.74 Å². The molecule has 0 radical (unpaired) electrons. The van der Waals surface area contributed by atoms with Gasteiger partial charge in [0.05, 0.1) is 6.61 Å². The van der Waals surface area contributed by atoms with Crippen molar-refractivity contribution in [1.82, 2.24) is 9.80 Å². The first-order valence-electron chi connectivity index (χ1n) is 11.6. The third-order valence-electron chi connectivity index (χ3n) is 6.70. The Kier molecular flexibility index (Phi) is 7.74. The Hall–Kier alpha value is -1.94.